The Morgan fingerprint density at radius 3 is 2.44 bits per heavy atom. The summed E-state index contributed by atoms with van der Waals surface area (Å²) in [6.07, 6.45) is -2.61. The van der Waals surface area contributed by atoms with Crippen molar-refractivity contribution in [1.82, 2.24) is 0 Å². The molecule has 88 valence electrons. The predicted octanol–water partition coefficient (Wildman–Crippen LogP) is 1.70. The van der Waals surface area contributed by atoms with E-state index in [1.54, 1.807) is 0 Å². The minimum atomic E-state index is -2.61. The molecule has 0 bridgehead atoms. The molecule has 0 aliphatic carbocycles. The second-order valence-electron chi connectivity index (χ2n) is 3.24. The Labute approximate surface area is 91.2 Å². The molecule has 6 heteroatoms. The number of Topliss-reactive ketones (excluding diaryl/α,β-unsaturated/α-hetero) is 1. The molecule has 4 N–H and O–H groups in total. The summed E-state index contributed by atoms with van der Waals surface area (Å²) in [6.45, 7) is 0.504. The normalized spacial score (nSPS) is 10.5. The number of carbonyl (C=O) groups excluding carboxylic acids is 1. The fraction of sp³-hybridized carbons (Fsp3) is 0.300. The molecule has 1 aromatic carbocycles. The Balaban J connectivity index is 3.05. The second kappa shape index (κ2) is 4.78. The third kappa shape index (κ3) is 2.82. The summed E-state index contributed by atoms with van der Waals surface area (Å²) in [4.78, 5) is 11.2. The van der Waals surface area contributed by atoms with Crippen LogP contribution in [0.2, 0.25) is 0 Å². The van der Waals surface area contributed by atoms with Crippen LogP contribution in [0, 0.1) is 0 Å². The lowest BCUT2D eigenvalue weighted by atomic mass is 10.1. The average Bonchev–Trinajstić information content (AvgIpc) is 2.18. The number of rotatable bonds is 4. The van der Waals surface area contributed by atoms with Gasteiger partial charge < -0.3 is 16.2 Å². The van der Waals surface area contributed by atoms with Gasteiger partial charge in [0.1, 0.15) is 12.4 Å². The van der Waals surface area contributed by atoms with Gasteiger partial charge in [-0.25, -0.2) is 8.78 Å². The van der Waals surface area contributed by atoms with Gasteiger partial charge >= 0.3 is 0 Å². The van der Waals surface area contributed by atoms with E-state index in [0.29, 0.717) is 0 Å². The van der Waals surface area contributed by atoms with Crippen molar-refractivity contribution in [2.45, 2.75) is 13.3 Å². The zero-order valence-electron chi connectivity index (χ0n) is 8.67. The number of hydrogen-bond donors (Lipinski definition) is 2. The molecule has 0 aromatic heterocycles. The first-order chi connectivity index (χ1) is 7.41. The number of carbonyl (C=O) groups is 1. The summed E-state index contributed by atoms with van der Waals surface area (Å²) in [7, 11) is 0. The van der Waals surface area contributed by atoms with Crippen LogP contribution in [0.4, 0.5) is 20.2 Å². The molecule has 0 atom stereocenters. The highest BCUT2D eigenvalue weighted by atomic mass is 19.3. The van der Waals surface area contributed by atoms with Crippen molar-refractivity contribution in [3.8, 4) is 5.75 Å². The molecule has 0 fully saturated rings. The van der Waals surface area contributed by atoms with Crippen LogP contribution in [-0.2, 0) is 0 Å². The molecule has 0 unspecified atom stereocenters. The standard InChI is InChI=1S/C10H12F2N2O2/c1-5(15)6-2-7(13)8(14)3-9(6)16-4-10(11)12/h2-3,10H,4,13-14H2,1H3. The van der Waals surface area contributed by atoms with Crippen LogP contribution in [0.15, 0.2) is 12.1 Å². The van der Waals surface area contributed by atoms with E-state index in [9.17, 15) is 13.6 Å². The van der Waals surface area contributed by atoms with Crippen LogP contribution in [0.25, 0.3) is 0 Å². The summed E-state index contributed by atoms with van der Waals surface area (Å²) in [5.74, 6) is -0.296. The number of benzene rings is 1. The fourth-order valence-corrected chi connectivity index (χ4v) is 1.16. The number of halogens is 2. The summed E-state index contributed by atoms with van der Waals surface area (Å²) >= 11 is 0. The number of ether oxygens (including phenoxy) is 1. The van der Waals surface area contributed by atoms with E-state index in [-0.39, 0.29) is 28.5 Å². The maximum atomic E-state index is 12.0. The number of hydrogen-bond acceptors (Lipinski definition) is 4. The lowest BCUT2D eigenvalue weighted by Gasteiger charge is -2.11. The second-order valence-corrected chi connectivity index (χ2v) is 3.24. The minimum absolute atomic E-state index is 0.0273. The van der Waals surface area contributed by atoms with Crippen molar-refractivity contribution in [3.63, 3.8) is 0 Å². The van der Waals surface area contributed by atoms with E-state index in [2.05, 4.69) is 0 Å². The molecule has 0 saturated carbocycles. The zero-order valence-corrected chi connectivity index (χ0v) is 8.67. The monoisotopic (exact) mass is 230 g/mol. The van der Waals surface area contributed by atoms with Gasteiger partial charge in [0.05, 0.1) is 16.9 Å². The highest BCUT2D eigenvalue weighted by molar-refractivity contribution is 5.98. The highest BCUT2D eigenvalue weighted by Crippen LogP contribution is 2.27. The molecule has 0 spiro atoms. The Morgan fingerprint density at radius 1 is 1.38 bits per heavy atom. The van der Waals surface area contributed by atoms with Gasteiger partial charge in [-0.3, -0.25) is 4.79 Å². The zero-order chi connectivity index (χ0) is 12.3. The van der Waals surface area contributed by atoms with Crippen molar-refractivity contribution in [2.24, 2.45) is 0 Å². The first kappa shape index (κ1) is 12.2. The number of ketones is 1. The van der Waals surface area contributed by atoms with Crippen LogP contribution >= 0.6 is 0 Å². The smallest absolute Gasteiger partial charge is 0.272 e. The van der Waals surface area contributed by atoms with Crippen LogP contribution in [-0.4, -0.2) is 18.8 Å². The molecule has 1 aromatic rings. The summed E-state index contributed by atoms with van der Waals surface area (Å²) in [6, 6.07) is 2.59. The minimum Gasteiger partial charge on any atom is -0.487 e. The van der Waals surface area contributed by atoms with Gasteiger partial charge in [-0.15, -0.1) is 0 Å². The van der Waals surface area contributed by atoms with E-state index >= 15 is 0 Å². The topological polar surface area (TPSA) is 78.3 Å². The van der Waals surface area contributed by atoms with Crippen molar-refractivity contribution in [2.75, 3.05) is 18.1 Å². The average molecular weight is 230 g/mol. The lowest BCUT2D eigenvalue weighted by molar-refractivity contribution is 0.0803. The van der Waals surface area contributed by atoms with Gasteiger partial charge in [0, 0.05) is 6.07 Å². The fourth-order valence-electron chi connectivity index (χ4n) is 1.16. The molecular weight excluding hydrogens is 218 g/mol. The SMILES string of the molecule is CC(=O)c1cc(N)c(N)cc1OCC(F)F. The van der Waals surface area contributed by atoms with Gasteiger partial charge in [-0.2, -0.15) is 0 Å². The molecule has 0 saturated heterocycles. The molecule has 0 radical (unpaired) electrons. The van der Waals surface area contributed by atoms with Crippen LogP contribution in [0.3, 0.4) is 0 Å². The predicted molar refractivity (Wildman–Crippen MR) is 56.8 cm³/mol. The van der Waals surface area contributed by atoms with Crippen LogP contribution in [0.1, 0.15) is 17.3 Å². The number of alkyl halides is 2. The summed E-state index contributed by atoms with van der Waals surface area (Å²) in [5.41, 5.74) is 11.5. The van der Waals surface area contributed by atoms with Crippen molar-refractivity contribution in [1.29, 1.82) is 0 Å². The van der Waals surface area contributed by atoms with Crippen LogP contribution < -0.4 is 16.2 Å². The quantitative estimate of drug-likeness (QED) is 0.609. The molecule has 16 heavy (non-hydrogen) atoms. The first-order valence-corrected chi connectivity index (χ1v) is 4.52. The maximum Gasteiger partial charge on any atom is 0.272 e. The Bertz CT molecular complexity index is 408. The Morgan fingerprint density at radius 2 is 1.94 bits per heavy atom. The van der Waals surface area contributed by atoms with E-state index in [0.717, 1.165) is 0 Å². The molecule has 1 rings (SSSR count). The van der Waals surface area contributed by atoms with E-state index < -0.39 is 13.0 Å². The van der Waals surface area contributed by atoms with Gasteiger partial charge in [0.15, 0.2) is 5.78 Å². The van der Waals surface area contributed by atoms with Crippen molar-refractivity contribution >= 4 is 17.2 Å². The van der Waals surface area contributed by atoms with Gasteiger partial charge in [0.2, 0.25) is 0 Å². The van der Waals surface area contributed by atoms with E-state index in [1.807, 2.05) is 0 Å². The maximum absolute atomic E-state index is 12.0. The molecular formula is C10H12F2N2O2. The Kier molecular flexibility index (Phi) is 3.65. The third-order valence-electron chi connectivity index (χ3n) is 1.93. The molecule has 0 heterocycles. The van der Waals surface area contributed by atoms with E-state index in [1.165, 1.54) is 19.1 Å². The Hall–Kier alpha value is -1.85. The first-order valence-electron chi connectivity index (χ1n) is 4.52. The van der Waals surface area contributed by atoms with Crippen molar-refractivity contribution in [3.05, 3.63) is 17.7 Å². The summed E-state index contributed by atoms with van der Waals surface area (Å²) < 4.78 is 28.7. The largest absolute Gasteiger partial charge is 0.487 e. The van der Waals surface area contributed by atoms with Gasteiger partial charge in [-0.05, 0) is 13.0 Å². The lowest BCUT2D eigenvalue weighted by Crippen LogP contribution is -2.10. The van der Waals surface area contributed by atoms with Crippen LogP contribution in [0.5, 0.6) is 5.75 Å². The third-order valence-corrected chi connectivity index (χ3v) is 1.93. The highest BCUT2D eigenvalue weighted by Gasteiger charge is 2.13. The molecule has 4 nitrogen and oxygen atoms in total. The van der Waals surface area contributed by atoms with Crippen molar-refractivity contribution < 1.29 is 18.3 Å². The van der Waals surface area contributed by atoms with E-state index in [4.69, 9.17) is 16.2 Å². The molecule has 0 aliphatic rings. The van der Waals surface area contributed by atoms with Gasteiger partial charge in [0.25, 0.3) is 6.43 Å². The summed E-state index contributed by atoms with van der Waals surface area (Å²) in [5, 5.41) is 0. The number of anilines is 2. The van der Waals surface area contributed by atoms with Gasteiger partial charge in [-0.1, -0.05) is 0 Å². The molecule has 0 aliphatic heterocycles. The molecule has 0 amide bonds. The number of nitrogen functional groups attached to an aromatic ring is 2. The number of nitrogens with two attached hydrogens (primary N) is 2.